The molecule has 0 atom stereocenters. The fourth-order valence-electron chi connectivity index (χ4n) is 1.68. The lowest BCUT2D eigenvalue weighted by molar-refractivity contribution is 0.0842. The summed E-state index contributed by atoms with van der Waals surface area (Å²) in [5.74, 6) is 0.336. The van der Waals surface area contributed by atoms with E-state index >= 15 is 0 Å². The molecule has 0 bridgehead atoms. The second-order valence-corrected chi connectivity index (χ2v) is 6.02. The van der Waals surface area contributed by atoms with Crippen LogP contribution in [0.25, 0.3) is 0 Å². The largest absolute Gasteiger partial charge is 0.529 e. The zero-order valence-electron chi connectivity index (χ0n) is 10.9. The van der Waals surface area contributed by atoms with Crippen LogP contribution in [0.15, 0.2) is 36.1 Å². The van der Waals surface area contributed by atoms with Crippen LogP contribution in [0, 0.1) is 5.92 Å². The molecule has 0 spiro atoms. The standard InChI is InChI=1S/C13H22O3Si/c1-4-14-17(15-5-2,16-6-3)12-11-13-9-7-8-10-13/h7-13H,4-6H2,1-3H3/b12-11-. The van der Waals surface area contributed by atoms with Crippen LogP contribution in [0.5, 0.6) is 0 Å². The molecule has 1 aliphatic rings. The molecule has 0 aromatic carbocycles. The number of rotatable bonds is 8. The molecule has 0 aromatic heterocycles. The van der Waals surface area contributed by atoms with Crippen molar-refractivity contribution in [3.05, 3.63) is 36.1 Å². The predicted octanol–water partition coefficient (Wildman–Crippen LogP) is 2.87. The third-order valence-electron chi connectivity index (χ3n) is 2.34. The summed E-state index contributed by atoms with van der Waals surface area (Å²) in [5, 5.41) is 0. The number of hydrogen-bond donors (Lipinski definition) is 0. The fraction of sp³-hybridized carbons (Fsp3) is 0.538. The lowest BCUT2D eigenvalue weighted by Crippen LogP contribution is -2.44. The lowest BCUT2D eigenvalue weighted by Gasteiger charge is -2.25. The van der Waals surface area contributed by atoms with Crippen LogP contribution >= 0.6 is 0 Å². The van der Waals surface area contributed by atoms with Gasteiger partial charge in [-0.15, -0.1) is 0 Å². The Balaban J connectivity index is 2.71. The lowest BCUT2D eigenvalue weighted by atomic mass is 10.2. The Morgan fingerprint density at radius 2 is 1.41 bits per heavy atom. The molecule has 0 fully saturated rings. The Morgan fingerprint density at radius 1 is 0.941 bits per heavy atom. The molecule has 0 saturated heterocycles. The molecule has 4 heteroatoms. The minimum atomic E-state index is -2.61. The quantitative estimate of drug-likeness (QED) is 0.623. The second kappa shape index (κ2) is 7.61. The average Bonchev–Trinajstić information content (AvgIpc) is 2.80. The first kappa shape index (κ1) is 14.4. The van der Waals surface area contributed by atoms with Crippen molar-refractivity contribution in [1.82, 2.24) is 0 Å². The SMILES string of the molecule is CCO[Si](/C=C\C1C=CC=C1)(OCC)OCC. The summed E-state index contributed by atoms with van der Waals surface area (Å²) in [6, 6.07) is 0. The Morgan fingerprint density at radius 3 is 1.82 bits per heavy atom. The van der Waals surface area contributed by atoms with E-state index in [9.17, 15) is 0 Å². The van der Waals surface area contributed by atoms with Crippen molar-refractivity contribution in [2.75, 3.05) is 19.8 Å². The topological polar surface area (TPSA) is 27.7 Å². The third kappa shape index (κ3) is 4.59. The van der Waals surface area contributed by atoms with Crippen molar-refractivity contribution in [2.45, 2.75) is 20.8 Å². The van der Waals surface area contributed by atoms with E-state index in [0.717, 1.165) is 0 Å². The molecule has 0 N–H and O–H groups in total. The van der Waals surface area contributed by atoms with Crippen molar-refractivity contribution >= 4 is 8.80 Å². The summed E-state index contributed by atoms with van der Waals surface area (Å²) < 4.78 is 17.2. The summed E-state index contributed by atoms with van der Waals surface area (Å²) in [6.45, 7) is 7.70. The van der Waals surface area contributed by atoms with Crippen molar-refractivity contribution in [3.63, 3.8) is 0 Å². The van der Waals surface area contributed by atoms with Crippen LogP contribution in [0.4, 0.5) is 0 Å². The fourth-order valence-corrected chi connectivity index (χ4v) is 3.88. The van der Waals surface area contributed by atoms with Crippen LogP contribution < -0.4 is 0 Å². The molecule has 0 amide bonds. The number of hydrogen-bond acceptors (Lipinski definition) is 3. The molecule has 1 rings (SSSR count). The highest BCUT2D eigenvalue weighted by atomic mass is 28.4. The van der Waals surface area contributed by atoms with Crippen molar-refractivity contribution in [3.8, 4) is 0 Å². The molecule has 0 unspecified atom stereocenters. The van der Waals surface area contributed by atoms with Gasteiger partial charge in [-0.3, -0.25) is 0 Å². The molecule has 0 saturated carbocycles. The maximum Gasteiger partial charge on any atom is 0.529 e. The molecule has 96 valence electrons. The Hall–Kier alpha value is -0.683. The van der Waals surface area contributed by atoms with Gasteiger partial charge in [-0.05, 0) is 26.5 Å². The molecule has 3 nitrogen and oxygen atoms in total. The van der Waals surface area contributed by atoms with Gasteiger partial charge in [0.1, 0.15) is 0 Å². The van der Waals surface area contributed by atoms with Gasteiger partial charge in [0.2, 0.25) is 0 Å². The van der Waals surface area contributed by atoms with Crippen LogP contribution in [-0.4, -0.2) is 28.6 Å². The highest BCUT2D eigenvalue weighted by Gasteiger charge is 2.37. The predicted molar refractivity (Wildman–Crippen MR) is 71.5 cm³/mol. The zero-order chi connectivity index (χ0) is 12.6. The summed E-state index contributed by atoms with van der Waals surface area (Å²) >= 11 is 0. The van der Waals surface area contributed by atoms with Gasteiger partial charge in [0.05, 0.1) is 0 Å². The minimum Gasteiger partial charge on any atom is -0.371 e. The van der Waals surface area contributed by atoms with E-state index in [0.29, 0.717) is 25.7 Å². The van der Waals surface area contributed by atoms with E-state index in [1.807, 2.05) is 38.6 Å². The van der Waals surface area contributed by atoms with E-state index in [2.05, 4.69) is 18.2 Å². The average molecular weight is 254 g/mol. The Labute approximate surface area is 105 Å². The minimum absolute atomic E-state index is 0.336. The third-order valence-corrected chi connectivity index (χ3v) is 5.01. The Kier molecular flexibility index (Phi) is 6.43. The van der Waals surface area contributed by atoms with Crippen LogP contribution in [-0.2, 0) is 13.3 Å². The molecular weight excluding hydrogens is 232 g/mol. The number of allylic oxidation sites excluding steroid dienone is 5. The van der Waals surface area contributed by atoms with Gasteiger partial charge >= 0.3 is 8.80 Å². The highest BCUT2D eigenvalue weighted by molar-refractivity contribution is 6.66. The van der Waals surface area contributed by atoms with Gasteiger partial charge in [-0.25, -0.2) is 0 Å². The van der Waals surface area contributed by atoms with E-state index in [1.165, 1.54) is 0 Å². The van der Waals surface area contributed by atoms with E-state index in [-0.39, 0.29) is 0 Å². The first-order valence-corrected chi connectivity index (χ1v) is 8.02. The van der Waals surface area contributed by atoms with Crippen LogP contribution in [0.2, 0.25) is 0 Å². The Bertz CT molecular complexity index is 268. The van der Waals surface area contributed by atoms with Gasteiger partial charge < -0.3 is 13.3 Å². The molecule has 0 aromatic rings. The molecule has 0 heterocycles. The molecule has 1 aliphatic carbocycles. The first-order chi connectivity index (χ1) is 8.26. The van der Waals surface area contributed by atoms with Crippen molar-refractivity contribution in [1.29, 1.82) is 0 Å². The molecule has 0 radical (unpaired) electrons. The maximum absolute atomic E-state index is 5.73. The van der Waals surface area contributed by atoms with Gasteiger partial charge in [0.15, 0.2) is 0 Å². The van der Waals surface area contributed by atoms with Gasteiger partial charge in [0, 0.05) is 25.7 Å². The van der Waals surface area contributed by atoms with Gasteiger partial charge in [-0.2, -0.15) is 0 Å². The van der Waals surface area contributed by atoms with Crippen molar-refractivity contribution < 1.29 is 13.3 Å². The summed E-state index contributed by atoms with van der Waals surface area (Å²) in [5.41, 5.74) is 1.99. The van der Waals surface area contributed by atoms with Gasteiger partial charge in [-0.1, -0.05) is 30.4 Å². The first-order valence-electron chi connectivity index (χ1n) is 6.22. The summed E-state index contributed by atoms with van der Waals surface area (Å²) in [7, 11) is -2.61. The molecule has 17 heavy (non-hydrogen) atoms. The van der Waals surface area contributed by atoms with Crippen LogP contribution in [0.1, 0.15) is 20.8 Å². The smallest absolute Gasteiger partial charge is 0.371 e. The van der Waals surface area contributed by atoms with E-state index in [1.54, 1.807) is 0 Å². The molecule has 0 aliphatic heterocycles. The highest BCUT2D eigenvalue weighted by Crippen LogP contribution is 2.16. The summed E-state index contributed by atoms with van der Waals surface area (Å²) in [4.78, 5) is 0. The summed E-state index contributed by atoms with van der Waals surface area (Å²) in [6.07, 6.45) is 10.4. The monoisotopic (exact) mass is 254 g/mol. The van der Waals surface area contributed by atoms with E-state index in [4.69, 9.17) is 13.3 Å². The molecular formula is C13H22O3Si. The normalized spacial score (nSPS) is 16.4. The van der Waals surface area contributed by atoms with Crippen LogP contribution in [0.3, 0.4) is 0 Å². The van der Waals surface area contributed by atoms with E-state index < -0.39 is 8.80 Å². The second-order valence-electron chi connectivity index (χ2n) is 3.61. The maximum atomic E-state index is 5.73. The van der Waals surface area contributed by atoms with Crippen molar-refractivity contribution in [2.24, 2.45) is 5.92 Å². The van der Waals surface area contributed by atoms with Gasteiger partial charge in [0.25, 0.3) is 0 Å². The zero-order valence-corrected chi connectivity index (χ0v) is 11.9.